The number of ether oxygens (including phenoxy) is 1. The van der Waals surface area contributed by atoms with Crippen molar-refractivity contribution < 1.29 is 9.53 Å². The fourth-order valence-corrected chi connectivity index (χ4v) is 2.37. The Morgan fingerprint density at radius 3 is 2.64 bits per heavy atom. The van der Waals surface area contributed by atoms with Crippen LogP contribution >= 0.6 is 0 Å². The van der Waals surface area contributed by atoms with Crippen LogP contribution in [0, 0.1) is 13.8 Å². The second-order valence-corrected chi connectivity index (χ2v) is 5.56. The molecule has 4 N–H and O–H groups in total. The first-order valence-corrected chi connectivity index (χ1v) is 7.97. The van der Waals surface area contributed by atoms with Gasteiger partial charge in [0, 0.05) is 13.1 Å². The third-order valence-corrected chi connectivity index (χ3v) is 3.35. The summed E-state index contributed by atoms with van der Waals surface area (Å²) < 4.78 is 4.94. The van der Waals surface area contributed by atoms with E-state index in [9.17, 15) is 4.79 Å². The molecule has 0 saturated carbocycles. The number of carbonyl (C=O) groups excluding carboxylic acids is 1. The number of carbonyl (C=O) groups is 1. The van der Waals surface area contributed by atoms with Crippen molar-refractivity contribution in [3.05, 3.63) is 53.1 Å². The van der Waals surface area contributed by atoms with E-state index in [1.807, 2.05) is 26.0 Å². The van der Waals surface area contributed by atoms with E-state index in [4.69, 9.17) is 10.5 Å². The van der Waals surface area contributed by atoms with Crippen LogP contribution in [-0.4, -0.2) is 35.4 Å². The molecule has 25 heavy (non-hydrogen) atoms. The number of esters is 1. The van der Waals surface area contributed by atoms with E-state index in [-0.39, 0.29) is 5.69 Å². The topological polar surface area (TPSA) is 105 Å². The summed E-state index contributed by atoms with van der Waals surface area (Å²) in [6, 6.07) is 5.99. The zero-order valence-corrected chi connectivity index (χ0v) is 14.9. The van der Waals surface area contributed by atoms with Gasteiger partial charge in [-0.05, 0) is 44.0 Å². The molecule has 132 valence electrons. The Morgan fingerprint density at radius 2 is 2.04 bits per heavy atom. The predicted octanol–water partition coefficient (Wildman–Crippen LogP) is 2.45. The van der Waals surface area contributed by atoms with Crippen LogP contribution in [0.25, 0.3) is 5.70 Å². The number of amidine groups is 1. The maximum atomic E-state index is 11.7. The van der Waals surface area contributed by atoms with Crippen LogP contribution < -0.4 is 11.1 Å². The van der Waals surface area contributed by atoms with Crippen molar-refractivity contribution in [2.45, 2.75) is 20.8 Å². The van der Waals surface area contributed by atoms with Gasteiger partial charge in [-0.1, -0.05) is 6.07 Å². The quantitative estimate of drug-likeness (QED) is 0.425. The van der Waals surface area contributed by atoms with E-state index in [0.717, 1.165) is 16.8 Å². The lowest BCUT2D eigenvalue weighted by atomic mass is 10.1. The molecule has 0 radical (unpaired) electrons. The highest BCUT2D eigenvalue weighted by Gasteiger charge is 2.12. The number of imidazole rings is 1. The van der Waals surface area contributed by atoms with Gasteiger partial charge in [0.05, 0.1) is 24.2 Å². The minimum absolute atomic E-state index is 0.280. The van der Waals surface area contributed by atoms with Gasteiger partial charge in [-0.3, -0.25) is 0 Å². The van der Waals surface area contributed by atoms with E-state index in [2.05, 4.69) is 26.3 Å². The van der Waals surface area contributed by atoms with Crippen LogP contribution in [0.3, 0.4) is 0 Å². The summed E-state index contributed by atoms with van der Waals surface area (Å²) in [5.41, 5.74) is 9.95. The number of nitrogens with one attached hydrogen (secondary N) is 2. The van der Waals surface area contributed by atoms with Gasteiger partial charge in [0.15, 0.2) is 5.82 Å². The number of benzene rings is 1. The SMILES string of the molecule is CCOC(=O)c1cnc(/C(=C\C(N)=Nc2cc(C)cc(C)c2)NC)[nH]1. The van der Waals surface area contributed by atoms with Crippen molar-refractivity contribution in [1.82, 2.24) is 15.3 Å². The molecule has 7 nitrogen and oxygen atoms in total. The highest BCUT2D eigenvalue weighted by molar-refractivity contribution is 5.99. The number of nitrogens with zero attached hydrogens (tertiary/aromatic N) is 2. The van der Waals surface area contributed by atoms with Gasteiger partial charge < -0.3 is 20.8 Å². The van der Waals surface area contributed by atoms with Crippen molar-refractivity contribution in [1.29, 1.82) is 0 Å². The number of aliphatic imine (C=N–C) groups is 1. The Labute approximate surface area is 147 Å². The minimum atomic E-state index is -0.450. The second-order valence-electron chi connectivity index (χ2n) is 5.56. The molecule has 0 atom stereocenters. The van der Waals surface area contributed by atoms with E-state index < -0.39 is 5.97 Å². The molecule has 1 aromatic heterocycles. The van der Waals surface area contributed by atoms with Gasteiger partial charge in [0.25, 0.3) is 0 Å². The number of aromatic nitrogens is 2. The van der Waals surface area contributed by atoms with E-state index in [1.165, 1.54) is 6.20 Å². The van der Waals surface area contributed by atoms with Gasteiger partial charge in [-0.25, -0.2) is 14.8 Å². The standard InChI is InChI=1S/C18H23N5O2/c1-5-25-18(24)15-10-21-17(23-15)14(20-4)9-16(19)22-13-7-11(2)6-12(3)8-13/h6-10,20H,5H2,1-4H3,(H2,19,22)(H,21,23)/b14-9+. The number of aromatic amines is 1. The first-order valence-electron chi connectivity index (χ1n) is 7.97. The fraction of sp³-hybridized carbons (Fsp3) is 0.278. The Bertz CT molecular complexity index is 800. The molecule has 0 aliphatic heterocycles. The summed E-state index contributed by atoms with van der Waals surface area (Å²) in [4.78, 5) is 23.2. The summed E-state index contributed by atoms with van der Waals surface area (Å²) >= 11 is 0. The van der Waals surface area contributed by atoms with Crippen molar-refractivity contribution in [3.8, 4) is 0 Å². The van der Waals surface area contributed by atoms with Gasteiger partial charge in [-0.2, -0.15) is 0 Å². The average molecular weight is 341 g/mol. The highest BCUT2D eigenvalue weighted by atomic mass is 16.5. The number of hydrogen-bond donors (Lipinski definition) is 3. The van der Waals surface area contributed by atoms with E-state index in [1.54, 1.807) is 20.0 Å². The zero-order chi connectivity index (χ0) is 18.4. The molecular formula is C18H23N5O2. The molecule has 0 aliphatic rings. The molecule has 0 aliphatic carbocycles. The number of nitrogens with two attached hydrogens (primary N) is 1. The fourth-order valence-electron chi connectivity index (χ4n) is 2.37. The third kappa shape index (κ3) is 4.94. The maximum Gasteiger partial charge on any atom is 0.356 e. The first kappa shape index (κ1) is 18.3. The number of hydrogen-bond acceptors (Lipinski definition) is 5. The van der Waals surface area contributed by atoms with Crippen LogP contribution in [0.15, 0.2) is 35.5 Å². The van der Waals surface area contributed by atoms with Crippen LogP contribution in [-0.2, 0) is 4.74 Å². The summed E-state index contributed by atoms with van der Waals surface area (Å²) in [5.74, 6) is 0.348. The molecular weight excluding hydrogens is 318 g/mol. The van der Waals surface area contributed by atoms with Gasteiger partial charge >= 0.3 is 5.97 Å². The van der Waals surface area contributed by atoms with Gasteiger partial charge in [0.2, 0.25) is 0 Å². The van der Waals surface area contributed by atoms with Crippen LogP contribution in [0.4, 0.5) is 5.69 Å². The molecule has 0 amide bonds. The predicted molar refractivity (Wildman–Crippen MR) is 98.8 cm³/mol. The van der Waals surface area contributed by atoms with E-state index in [0.29, 0.717) is 24.0 Å². The van der Waals surface area contributed by atoms with Gasteiger partial charge in [-0.15, -0.1) is 0 Å². The average Bonchev–Trinajstić information content (AvgIpc) is 3.01. The number of aryl methyl sites for hydroxylation is 2. The van der Waals surface area contributed by atoms with Crippen LogP contribution in [0.1, 0.15) is 34.4 Å². The lowest BCUT2D eigenvalue weighted by Crippen LogP contribution is -2.14. The summed E-state index contributed by atoms with van der Waals surface area (Å²) in [7, 11) is 1.74. The van der Waals surface area contributed by atoms with Gasteiger partial charge in [0.1, 0.15) is 11.5 Å². The summed E-state index contributed by atoms with van der Waals surface area (Å²) in [6.07, 6.45) is 3.08. The highest BCUT2D eigenvalue weighted by Crippen LogP contribution is 2.17. The summed E-state index contributed by atoms with van der Waals surface area (Å²) in [6.45, 7) is 6.07. The largest absolute Gasteiger partial charge is 0.461 e. The number of rotatable bonds is 6. The first-order chi connectivity index (χ1) is 11.9. The normalized spacial score (nSPS) is 12.2. The molecule has 1 heterocycles. The molecule has 7 heteroatoms. The van der Waals surface area contributed by atoms with Crippen molar-refractivity contribution >= 4 is 23.2 Å². The lowest BCUT2D eigenvalue weighted by molar-refractivity contribution is 0.0520. The zero-order valence-electron chi connectivity index (χ0n) is 14.9. The molecule has 2 rings (SSSR count). The smallest absolute Gasteiger partial charge is 0.356 e. The van der Waals surface area contributed by atoms with Crippen LogP contribution in [0.2, 0.25) is 0 Å². The van der Waals surface area contributed by atoms with Crippen LogP contribution in [0.5, 0.6) is 0 Å². The lowest BCUT2D eigenvalue weighted by Gasteiger charge is -2.05. The molecule has 2 aromatic rings. The Morgan fingerprint density at radius 1 is 1.36 bits per heavy atom. The molecule has 0 fully saturated rings. The Balaban J connectivity index is 2.27. The Hall–Kier alpha value is -3.09. The minimum Gasteiger partial charge on any atom is -0.461 e. The summed E-state index contributed by atoms with van der Waals surface area (Å²) in [5, 5.41) is 3.00. The Kier molecular flexibility index (Phi) is 5.94. The number of H-pyrrole nitrogens is 1. The van der Waals surface area contributed by atoms with Crippen molar-refractivity contribution in [3.63, 3.8) is 0 Å². The molecule has 0 spiro atoms. The maximum absolute atomic E-state index is 11.7. The van der Waals surface area contributed by atoms with Crippen molar-refractivity contribution in [2.75, 3.05) is 13.7 Å². The molecule has 0 unspecified atom stereocenters. The second kappa shape index (κ2) is 8.14. The monoisotopic (exact) mass is 341 g/mol. The molecule has 0 saturated heterocycles. The van der Waals surface area contributed by atoms with E-state index >= 15 is 0 Å². The molecule has 0 bridgehead atoms. The van der Waals surface area contributed by atoms with Crippen molar-refractivity contribution in [2.24, 2.45) is 10.7 Å². The third-order valence-electron chi connectivity index (χ3n) is 3.35. The molecule has 1 aromatic carbocycles.